The second kappa shape index (κ2) is 9.31. The Morgan fingerprint density at radius 1 is 1.12 bits per heavy atom. The molecule has 0 spiro atoms. The number of ether oxygens (including phenoxy) is 1. The molecule has 1 aliphatic heterocycles. The molecule has 1 aliphatic rings. The number of carbonyl (C=O) groups is 1. The molecule has 0 radical (unpaired) electrons. The molecule has 0 bridgehead atoms. The van der Waals surface area contributed by atoms with Crippen LogP contribution in [0.1, 0.15) is 57.9 Å². The van der Waals surface area contributed by atoms with Gasteiger partial charge in [0.2, 0.25) is 0 Å². The summed E-state index contributed by atoms with van der Waals surface area (Å²) in [7, 11) is 0. The fourth-order valence-electron chi connectivity index (χ4n) is 3.15. The first-order chi connectivity index (χ1) is 11.7. The third-order valence-electron chi connectivity index (χ3n) is 4.50. The van der Waals surface area contributed by atoms with Crippen LogP contribution in [0.3, 0.4) is 0 Å². The van der Waals surface area contributed by atoms with Gasteiger partial charge in [0.25, 0.3) is 0 Å². The molecule has 2 rings (SSSR count). The molecule has 3 heteroatoms. The van der Waals surface area contributed by atoms with Crippen LogP contribution in [0, 0.1) is 0 Å². The van der Waals surface area contributed by atoms with Crippen LogP contribution >= 0.6 is 0 Å². The Labute approximate surface area is 146 Å². The van der Waals surface area contributed by atoms with Gasteiger partial charge in [0, 0.05) is 24.4 Å². The number of allylic oxidation sites excluding steroid dienone is 2. The van der Waals surface area contributed by atoms with Crippen molar-refractivity contribution < 1.29 is 9.53 Å². The summed E-state index contributed by atoms with van der Waals surface area (Å²) in [5, 5.41) is 0. The van der Waals surface area contributed by atoms with E-state index in [-0.39, 0.29) is 11.9 Å². The number of unbranched alkanes of at least 4 members (excludes halogenated alkanes) is 3. The zero-order chi connectivity index (χ0) is 17.4. The van der Waals surface area contributed by atoms with E-state index in [1.165, 1.54) is 19.3 Å². The van der Waals surface area contributed by atoms with Gasteiger partial charge in [-0.05, 0) is 25.8 Å². The maximum atomic E-state index is 12.6. The Hall–Kier alpha value is -2.03. The summed E-state index contributed by atoms with van der Waals surface area (Å²) in [6.45, 7) is 7.46. The summed E-state index contributed by atoms with van der Waals surface area (Å²) in [6.07, 6.45) is 9.11. The quantitative estimate of drug-likeness (QED) is 0.496. The Morgan fingerprint density at radius 3 is 2.54 bits per heavy atom. The molecular weight excluding hydrogens is 298 g/mol. The fourth-order valence-corrected chi connectivity index (χ4v) is 3.15. The molecule has 3 nitrogen and oxygen atoms in total. The molecule has 0 aliphatic carbocycles. The van der Waals surface area contributed by atoms with E-state index in [4.69, 9.17) is 4.74 Å². The van der Waals surface area contributed by atoms with Crippen molar-refractivity contribution in [1.29, 1.82) is 0 Å². The highest BCUT2D eigenvalue weighted by molar-refractivity contribution is 5.92. The first-order valence-corrected chi connectivity index (χ1v) is 9.06. The number of esters is 1. The van der Waals surface area contributed by atoms with E-state index in [0.29, 0.717) is 6.61 Å². The van der Waals surface area contributed by atoms with Crippen LogP contribution in [0.4, 0.5) is 0 Å². The van der Waals surface area contributed by atoms with Gasteiger partial charge in [-0.15, -0.1) is 0 Å². The number of carbonyl (C=O) groups excluding carboxylic acids is 1. The van der Waals surface area contributed by atoms with Crippen molar-refractivity contribution in [3.63, 3.8) is 0 Å². The highest BCUT2D eigenvalue weighted by atomic mass is 16.5. The molecule has 1 aromatic carbocycles. The largest absolute Gasteiger partial charge is 0.463 e. The van der Waals surface area contributed by atoms with Crippen molar-refractivity contribution in [2.75, 3.05) is 13.2 Å². The Kier molecular flexibility index (Phi) is 7.10. The smallest absolute Gasteiger partial charge is 0.336 e. The van der Waals surface area contributed by atoms with Gasteiger partial charge in [-0.1, -0.05) is 62.6 Å². The first kappa shape index (κ1) is 18.3. The van der Waals surface area contributed by atoms with Crippen LogP contribution in [-0.2, 0) is 9.53 Å². The maximum absolute atomic E-state index is 12.6. The first-order valence-electron chi connectivity index (χ1n) is 9.06. The highest BCUT2D eigenvalue weighted by Crippen LogP contribution is 2.34. The molecule has 1 heterocycles. The van der Waals surface area contributed by atoms with E-state index in [1.54, 1.807) is 0 Å². The van der Waals surface area contributed by atoms with Crippen molar-refractivity contribution in [1.82, 2.24) is 4.90 Å². The number of nitrogens with zero attached hydrogens (tertiary/aromatic N) is 1. The third kappa shape index (κ3) is 4.50. The zero-order valence-electron chi connectivity index (χ0n) is 15.1. The summed E-state index contributed by atoms with van der Waals surface area (Å²) >= 11 is 0. The molecule has 0 fully saturated rings. The van der Waals surface area contributed by atoms with E-state index in [9.17, 15) is 4.79 Å². The lowest BCUT2D eigenvalue weighted by molar-refractivity contribution is -0.138. The van der Waals surface area contributed by atoms with Gasteiger partial charge in [-0.25, -0.2) is 4.79 Å². The summed E-state index contributed by atoms with van der Waals surface area (Å²) < 4.78 is 5.34. The van der Waals surface area contributed by atoms with E-state index >= 15 is 0 Å². The van der Waals surface area contributed by atoms with E-state index in [2.05, 4.69) is 36.2 Å². The number of rotatable bonds is 8. The van der Waals surface area contributed by atoms with Crippen molar-refractivity contribution in [3.8, 4) is 0 Å². The van der Waals surface area contributed by atoms with Crippen LogP contribution in [0.2, 0.25) is 0 Å². The van der Waals surface area contributed by atoms with Crippen molar-refractivity contribution >= 4 is 5.97 Å². The average Bonchev–Trinajstić information content (AvgIpc) is 2.60. The summed E-state index contributed by atoms with van der Waals surface area (Å²) in [6, 6.07) is 10.2. The average molecular weight is 327 g/mol. The number of hydrogen-bond acceptors (Lipinski definition) is 3. The van der Waals surface area contributed by atoms with Crippen molar-refractivity contribution in [2.45, 2.75) is 52.4 Å². The van der Waals surface area contributed by atoms with Crippen LogP contribution < -0.4 is 0 Å². The molecule has 0 saturated heterocycles. The van der Waals surface area contributed by atoms with Gasteiger partial charge in [0.05, 0.1) is 12.2 Å². The summed E-state index contributed by atoms with van der Waals surface area (Å²) in [4.78, 5) is 14.8. The molecule has 1 atom stereocenters. The second-order valence-electron chi connectivity index (χ2n) is 6.20. The minimum atomic E-state index is -0.202. The van der Waals surface area contributed by atoms with Gasteiger partial charge in [0.1, 0.15) is 0 Å². The lowest BCUT2D eigenvalue weighted by Crippen LogP contribution is -2.27. The SMILES string of the molecule is CCCCCCN1C=CC(c2ccccc2)C(C(=O)OCC)=C1C. The van der Waals surface area contributed by atoms with Crippen LogP contribution in [0.25, 0.3) is 0 Å². The number of hydrogen-bond donors (Lipinski definition) is 0. The van der Waals surface area contributed by atoms with E-state index in [0.717, 1.165) is 29.8 Å². The lowest BCUT2D eigenvalue weighted by atomic mass is 9.87. The molecule has 130 valence electrons. The Balaban J connectivity index is 2.23. The normalized spacial score (nSPS) is 17.3. The van der Waals surface area contributed by atoms with Crippen LogP contribution in [-0.4, -0.2) is 24.0 Å². The second-order valence-corrected chi connectivity index (χ2v) is 6.20. The third-order valence-corrected chi connectivity index (χ3v) is 4.50. The summed E-state index contributed by atoms with van der Waals surface area (Å²) in [5.41, 5.74) is 2.91. The standard InChI is InChI=1S/C21H29NO2/c1-4-6-7-11-15-22-16-14-19(18-12-9-8-10-13-18)20(17(22)3)21(23)24-5-2/h8-10,12-14,16,19H,4-7,11,15H2,1-3H3. The summed E-state index contributed by atoms with van der Waals surface area (Å²) in [5.74, 6) is -0.232. The Bertz CT molecular complexity index is 589. The van der Waals surface area contributed by atoms with Gasteiger partial charge < -0.3 is 9.64 Å². The lowest BCUT2D eigenvalue weighted by Gasteiger charge is -2.31. The monoisotopic (exact) mass is 327 g/mol. The van der Waals surface area contributed by atoms with E-state index in [1.807, 2.05) is 32.0 Å². The molecule has 1 unspecified atom stereocenters. The van der Waals surface area contributed by atoms with Gasteiger partial charge in [-0.2, -0.15) is 0 Å². The predicted molar refractivity (Wildman–Crippen MR) is 98.5 cm³/mol. The van der Waals surface area contributed by atoms with E-state index < -0.39 is 0 Å². The fraction of sp³-hybridized carbons (Fsp3) is 0.476. The maximum Gasteiger partial charge on any atom is 0.336 e. The molecule has 0 saturated carbocycles. The number of benzene rings is 1. The molecular formula is C21H29NO2. The molecule has 1 aromatic rings. The van der Waals surface area contributed by atoms with Crippen LogP contribution in [0.15, 0.2) is 53.9 Å². The molecule has 0 N–H and O–H groups in total. The van der Waals surface area contributed by atoms with Gasteiger partial charge in [-0.3, -0.25) is 0 Å². The molecule has 0 aromatic heterocycles. The zero-order valence-corrected chi connectivity index (χ0v) is 15.1. The van der Waals surface area contributed by atoms with Crippen molar-refractivity contribution in [2.24, 2.45) is 0 Å². The Morgan fingerprint density at radius 2 is 1.88 bits per heavy atom. The minimum Gasteiger partial charge on any atom is -0.463 e. The highest BCUT2D eigenvalue weighted by Gasteiger charge is 2.28. The predicted octanol–water partition coefficient (Wildman–Crippen LogP) is 5.02. The van der Waals surface area contributed by atoms with Crippen LogP contribution in [0.5, 0.6) is 0 Å². The minimum absolute atomic E-state index is 0.0304. The topological polar surface area (TPSA) is 29.5 Å². The molecule has 0 amide bonds. The molecule has 24 heavy (non-hydrogen) atoms. The van der Waals surface area contributed by atoms with Crippen molar-refractivity contribution in [3.05, 3.63) is 59.4 Å². The van der Waals surface area contributed by atoms with Gasteiger partial charge in [0.15, 0.2) is 0 Å². The van der Waals surface area contributed by atoms with Gasteiger partial charge >= 0.3 is 5.97 Å².